The number of nitrogens with zero attached hydrogens (tertiary/aromatic N) is 2. The highest BCUT2D eigenvalue weighted by molar-refractivity contribution is 5.86. The molecule has 0 radical (unpaired) electrons. The number of amides is 1. The summed E-state index contributed by atoms with van der Waals surface area (Å²) in [6.45, 7) is 5.49. The third kappa shape index (κ3) is 3.78. The fourth-order valence-electron chi connectivity index (χ4n) is 3.75. The highest BCUT2D eigenvalue weighted by Gasteiger charge is 2.39. The van der Waals surface area contributed by atoms with Gasteiger partial charge in [-0.05, 0) is 37.4 Å². The molecule has 0 spiro atoms. The lowest BCUT2D eigenvalue weighted by atomic mass is 9.97. The van der Waals surface area contributed by atoms with E-state index in [0.29, 0.717) is 6.54 Å². The number of carbonyl (C=O) groups excluding carboxylic acids is 1. The van der Waals surface area contributed by atoms with Gasteiger partial charge in [0.2, 0.25) is 5.91 Å². The third-order valence-electron chi connectivity index (χ3n) is 5.38. The predicted octanol–water partition coefficient (Wildman–Crippen LogP) is 2.39. The summed E-state index contributed by atoms with van der Waals surface area (Å²) in [4.78, 5) is 27.9. The van der Waals surface area contributed by atoms with Crippen molar-refractivity contribution in [3.63, 3.8) is 0 Å². The molecule has 0 aromatic heterocycles. The quantitative estimate of drug-likeness (QED) is 0.900. The normalized spacial score (nSPS) is 24.3. The highest BCUT2D eigenvalue weighted by atomic mass is 16.4. The van der Waals surface area contributed by atoms with E-state index < -0.39 is 11.9 Å². The Morgan fingerprint density at radius 2 is 1.92 bits per heavy atom. The SMILES string of the molecule is CC1CCN(CC(c2ccccc2)N2CC(C(=O)O)CC2=O)CC1. The second-order valence-corrected chi connectivity index (χ2v) is 7.19. The number of hydrogen-bond donors (Lipinski definition) is 1. The summed E-state index contributed by atoms with van der Waals surface area (Å²) in [5, 5.41) is 9.26. The summed E-state index contributed by atoms with van der Waals surface area (Å²) in [5.74, 6) is -0.725. The van der Waals surface area contributed by atoms with Crippen LogP contribution in [-0.2, 0) is 9.59 Å². The Bertz CT molecular complexity index is 582. The van der Waals surface area contributed by atoms with Crippen molar-refractivity contribution < 1.29 is 14.7 Å². The number of benzene rings is 1. The van der Waals surface area contributed by atoms with Crippen LogP contribution in [-0.4, -0.2) is 53.0 Å². The molecule has 2 atom stereocenters. The monoisotopic (exact) mass is 330 g/mol. The van der Waals surface area contributed by atoms with Crippen molar-refractivity contribution >= 4 is 11.9 Å². The smallest absolute Gasteiger partial charge is 0.308 e. The summed E-state index contributed by atoms with van der Waals surface area (Å²) in [7, 11) is 0. The molecule has 130 valence electrons. The van der Waals surface area contributed by atoms with Crippen LogP contribution >= 0.6 is 0 Å². The Morgan fingerprint density at radius 1 is 1.25 bits per heavy atom. The van der Waals surface area contributed by atoms with Crippen LogP contribution in [0.5, 0.6) is 0 Å². The van der Waals surface area contributed by atoms with Gasteiger partial charge in [-0.15, -0.1) is 0 Å². The van der Waals surface area contributed by atoms with Crippen LogP contribution in [0.2, 0.25) is 0 Å². The molecule has 0 aliphatic carbocycles. The van der Waals surface area contributed by atoms with Crippen molar-refractivity contribution in [2.24, 2.45) is 11.8 Å². The molecule has 0 bridgehead atoms. The molecule has 5 nitrogen and oxygen atoms in total. The molecular formula is C19H26N2O3. The highest BCUT2D eigenvalue weighted by Crippen LogP contribution is 2.30. The van der Waals surface area contributed by atoms with Gasteiger partial charge in [0.25, 0.3) is 0 Å². The van der Waals surface area contributed by atoms with Crippen molar-refractivity contribution in [2.75, 3.05) is 26.2 Å². The standard InChI is InChI=1S/C19H26N2O3/c1-14-7-9-20(10-8-14)13-17(15-5-3-2-4-6-15)21-12-16(19(23)24)11-18(21)22/h2-6,14,16-17H,7-13H2,1H3,(H,23,24). The molecule has 0 saturated carbocycles. The van der Waals surface area contributed by atoms with Crippen LogP contribution in [0.3, 0.4) is 0 Å². The Kier molecular flexibility index (Phi) is 5.19. The molecule has 24 heavy (non-hydrogen) atoms. The zero-order valence-electron chi connectivity index (χ0n) is 14.2. The van der Waals surface area contributed by atoms with Gasteiger partial charge in [-0.25, -0.2) is 0 Å². The summed E-state index contributed by atoms with van der Waals surface area (Å²) in [5.41, 5.74) is 1.09. The summed E-state index contributed by atoms with van der Waals surface area (Å²) in [6, 6.07) is 9.95. The summed E-state index contributed by atoms with van der Waals surface area (Å²) < 4.78 is 0. The Labute approximate surface area is 143 Å². The number of carboxylic acids is 1. The first-order valence-electron chi connectivity index (χ1n) is 8.84. The molecule has 1 aromatic rings. The van der Waals surface area contributed by atoms with Gasteiger partial charge in [0.05, 0.1) is 12.0 Å². The topological polar surface area (TPSA) is 60.9 Å². The molecule has 2 fully saturated rings. The van der Waals surface area contributed by atoms with Crippen molar-refractivity contribution in [3.8, 4) is 0 Å². The van der Waals surface area contributed by atoms with Gasteiger partial charge in [-0.1, -0.05) is 37.3 Å². The number of carbonyl (C=O) groups is 2. The van der Waals surface area contributed by atoms with Crippen LogP contribution in [0.4, 0.5) is 0 Å². The van der Waals surface area contributed by atoms with Gasteiger partial charge in [0.15, 0.2) is 0 Å². The molecule has 2 aliphatic heterocycles. The number of rotatable bonds is 5. The molecule has 1 aromatic carbocycles. The fraction of sp³-hybridized carbons (Fsp3) is 0.579. The first kappa shape index (κ1) is 17.0. The maximum absolute atomic E-state index is 12.4. The minimum absolute atomic E-state index is 0.0402. The van der Waals surface area contributed by atoms with Gasteiger partial charge in [0.1, 0.15) is 0 Å². The largest absolute Gasteiger partial charge is 0.481 e. The second-order valence-electron chi connectivity index (χ2n) is 7.19. The molecule has 2 unspecified atom stereocenters. The first-order chi connectivity index (χ1) is 11.5. The summed E-state index contributed by atoms with van der Waals surface area (Å²) in [6.07, 6.45) is 2.50. The van der Waals surface area contributed by atoms with Gasteiger partial charge < -0.3 is 14.9 Å². The van der Waals surface area contributed by atoms with Crippen LogP contribution < -0.4 is 0 Å². The van der Waals surface area contributed by atoms with Gasteiger partial charge in [0, 0.05) is 19.5 Å². The molecule has 2 heterocycles. The lowest BCUT2D eigenvalue weighted by Gasteiger charge is -2.36. The van der Waals surface area contributed by atoms with Gasteiger partial charge in [-0.2, -0.15) is 0 Å². The van der Waals surface area contributed by atoms with E-state index in [1.807, 2.05) is 30.3 Å². The van der Waals surface area contributed by atoms with E-state index in [0.717, 1.165) is 31.1 Å². The average Bonchev–Trinajstić information content (AvgIpc) is 2.97. The minimum Gasteiger partial charge on any atom is -0.481 e. The van der Waals surface area contributed by atoms with E-state index >= 15 is 0 Å². The van der Waals surface area contributed by atoms with E-state index in [4.69, 9.17) is 0 Å². The third-order valence-corrected chi connectivity index (χ3v) is 5.38. The molecule has 5 heteroatoms. The van der Waals surface area contributed by atoms with Gasteiger partial charge in [-0.3, -0.25) is 9.59 Å². The van der Waals surface area contributed by atoms with Crippen molar-refractivity contribution in [2.45, 2.75) is 32.2 Å². The molecule has 3 rings (SSSR count). The predicted molar refractivity (Wildman–Crippen MR) is 91.5 cm³/mol. The zero-order valence-corrected chi connectivity index (χ0v) is 14.2. The average molecular weight is 330 g/mol. The van der Waals surface area contributed by atoms with E-state index in [9.17, 15) is 14.7 Å². The van der Waals surface area contributed by atoms with E-state index in [2.05, 4.69) is 11.8 Å². The Morgan fingerprint density at radius 3 is 2.50 bits per heavy atom. The molecule has 1 amide bonds. The summed E-state index contributed by atoms with van der Waals surface area (Å²) >= 11 is 0. The minimum atomic E-state index is -0.871. The number of piperidine rings is 1. The number of hydrogen-bond acceptors (Lipinski definition) is 3. The first-order valence-corrected chi connectivity index (χ1v) is 8.84. The molecular weight excluding hydrogens is 304 g/mol. The van der Waals surface area contributed by atoms with Crippen LogP contribution in [0.25, 0.3) is 0 Å². The Hall–Kier alpha value is -1.88. The van der Waals surface area contributed by atoms with Crippen LogP contribution in [0, 0.1) is 11.8 Å². The zero-order chi connectivity index (χ0) is 17.1. The molecule has 2 saturated heterocycles. The Balaban J connectivity index is 1.78. The van der Waals surface area contributed by atoms with E-state index in [-0.39, 0.29) is 18.4 Å². The lowest BCUT2D eigenvalue weighted by molar-refractivity contribution is -0.141. The number of carboxylic acid groups (broad SMARTS) is 1. The number of aliphatic carboxylic acids is 1. The number of likely N-dealkylation sites (tertiary alicyclic amines) is 2. The van der Waals surface area contributed by atoms with Crippen LogP contribution in [0.15, 0.2) is 30.3 Å². The maximum Gasteiger partial charge on any atom is 0.308 e. The second kappa shape index (κ2) is 7.34. The molecule has 1 N–H and O–H groups in total. The van der Waals surface area contributed by atoms with Crippen molar-refractivity contribution in [1.82, 2.24) is 9.80 Å². The van der Waals surface area contributed by atoms with E-state index in [1.165, 1.54) is 12.8 Å². The fourth-order valence-corrected chi connectivity index (χ4v) is 3.75. The maximum atomic E-state index is 12.4. The van der Waals surface area contributed by atoms with Crippen LogP contribution in [0.1, 0.15) is 37.8 Å². The van der Waals surface area contributed by atoms with E-state index in [1.54, 1.807) is 4.90 Å². The molecule has 2 aliphatic rings. The lowest BCUT2D eigenvalue weighted by Crippen LogP contribution is -2.42. The van der Waals surface area contributed by atoms with Crippen molar-refractivity contribution in [3.05, 3.63) is 35.9 Å². The van der Waals surface area contributed by atoms with Crippen molar-refractivity contribution in [1.29, 1.82) is 0 Å². The van der Waals surface area contributed by atoms with Gasteiger partial charge >= 0.3 is 5.97 Å².